The van der Waals surface area contributed by atoms with E-state index in [-0.39, 0.29) is 5.54 Å². The smallest absolute Gasteiger partial charge is 0.0565 e. The number of hydrogen-bond donors (Lipinski definition) is 1. The van der Waals surface area contributed by atoms with Gasteiger partial charge in [0.05, 0.1) is 6.10 Å². The Labute approximate surface area is 100 Å². The lowest BCUT2D eigenvalue weighted by Crippen LogP contribution is -2.58. The van der Waals surface area contributed by atoms with Crippen molar-refractivity contribution < 1.29 is 4.74 Å². The minimum atomic E-state index is 0.196. The van der Waals surface area contributed by atoms with Crippen molar-refractivity contribution in [1.29, 1.82) is 0 Å². The monoisotopic (exact) mass is 228 g/mol. The van der Waals surface area contributed by atoms with Crippen molar-refractivity contribution in [3.05, 3.63) is 0 Å². The zero-order valence-electron chi connectivity index (χ0n) is 11.2. The summed E-state index contributed by atoms with van der Waals surface area (Å²) in [5.41, 5.74) is 6.25. The largest absolute Gasteiger partial charge is 0.378 e. The molecule has 96 valence electrons. The standard InChI is InChI=1S/C13H28N2O/c1-4-6-8-15(5-2)13(11-14)7-9-16-12(3)10-13/h12H,4-11,14H2,1-3H3. The second-order valence-corrected chi connectivity index (χ2v) is 5.00. The molecule has 1 aliphatic heterocycles. The normalized spacial score (nSPS) is 30.9. The third-order valence-corrected chi connectivity index (χ3v) is 3.85. The molecule has 0 spiro atoms. The van der Waals surface area contributed by atoms with Gasteiger partial charge in [0.25, 0.3) is 0 Å². The first kappa shape index (κ1) is 13.9. The topological polar surface area (TPSA) is 38.5 Å². The molecule has 0 aromatic rings. The van der Waals surface area contributed by atoms with Crippen LogP contribution in [-0.2, 0) is 4.74 Å². The SMILES string of the molecule is CCCCN(CC)C1(CN)CCOC(C)C1. The van der Waals surface area contributed by atoms with Gasteiger partial charge < -0.3 is 10.5 Å². The Balaban J connectivity index is 2.66. The van der Waals surface area contributed by atoms with E-state index >= 15 is 0 Å². The Morgan fingerprint density at radius 3 is 2.69 bits per heavy atom. The Morgan fingerprint density at radius 1 is 1.44 bits per heavy atom. The molecule has 3 nitrogen and oxygen atoms in total. The summed E-state index contributed by atoms with van der Waals surface area (Å²) in [5.74, 6) is 0. The van der Waals surface area contributed by atoms with Gasteiger partial charge in [0.1, 0.15) is 0 Å². The minimum Gasteiger partial charge on any atom is -0.378 e. The van der Waals surface area contributed by atoms with Gasteiger partial charge in [-0.3, -0.25) is 4.90 Å². The minimum absolute atomic E-state index is 0.196. The molecule has 16 heavy (non-hydrogen) atoms. The molecule has 2 unspecified atom stereocenters. The fraction of sp³-hybridized carbons (Fsp3) is 1.00. The molecule has 1 aliphatic rings. The molecule has 0 aromatic heterocycles. The number of nitrogens with two attached hydrogens (primary N) is 1. The zero-order valence-corrected chi connectivity index (χ0v) is 11.2. The summed E-state index contributed by atoms with van der Waals surface area (Å²) in [6.07, 6.45) is 5.05. The number of nitrogens with zero attached hydrogens (tertiary/aromatic N) is 1. The molecular formula is C13H28N2O. The van der Waals surface area contributed by atoms with Crippen molar-refractivity contribution in [3.63, 3.8) is 0 Å². The first-order valence-electron chi connectivity index (χ1n) is 6.75. The van der Waals surface area contributed by atoms with Crippen LogP contribution >= 0.6 is 0 Å². The van der Waals surface area contributed by atoms with E-state index in [1.54, 1.807) is 0 Å². The molecular weight excluding hydrogens is 200 g/mol. The Kier molecular flexibility index (Phi) is 5.73. The van der Waals surface area contributed by atoms with Crippen LogP contribution in [0.4, 0.5) is 0 Å². The highest BCUT2D eigenvalue weighted by molar-refractivity contribution is 4.95. The van der Waals surface area contributed by atoms with Gasteiger partial charge in [-0.1, -0.05) is 20.3 Å². The second kappa shape index (κ2) is 6.58. The molecule has 1 heterocycles. The molecule has 1 rings (SSSR count). The van der Waals surface area contributed by atoms with Gasteiger partial charge in [0, 0.05) is 18.7 Å². The quantitative estimate of drug-likeness (QED) is 0.756. The third kappa shape index (κ3) is 3.19. The van der Waals surface area contributed by atoms with Crippen molar-refractivity contribution in [3.8, 4) is 0 Å². The molecule has 2 N–H and O–H groups in total. The number of hydrogen-bond acceptors (Lipinski definition) is 3. The first-order chi connectivity index (χ1) is 7.68. The van der Waals surface area contributed by atoms with Gasteiger partial charge >= 0.3 is 0 Å². The van der Waals surface area contributed by atoms with E-state index in [0.717, 1.165) is 32.5 Å². The van der Waals surface area contributed by atoms with Crippen molar-refractivity contribution in [1.82, 2.24) is 4.90 Å². The van der Waals surface area contributed by atoms with Crippen molar-refractivity contribution >= 4 is 0 Å². The Bertz CT molecular complexity index is 198. The van der Waals surface area contributed by atoms with Crippen LogP contribution in [0.3, 0.4) is 0 Å². The van der Waals surface area contributed by atoms with E-state index in [1.165, 1.54) is 19.4 Å². The molecule has 0 aliphatic carbocycles. The second-order valence-electron chi connectivity index (χ2n) is 5.00. The van der Waals surface area contributed by atoms with Gasteiger partial charge in [-0.2, -0.15) is 0 Å². The van der Waals surface area contributed by atoms with Crippen LogP contribution in [0.25, 0.3) is 0 Å². The predicted octanol–water partition coefficient (Wildman–Crippen LogP) is 2.00. The maximum absolute atomic E-state index is 6.05. The summed E-state index contributed by atoms with van der Waals surface area (Å²) in [4.78, 5) is 2.58. The summed E-state index contributed by atoms with van der Waals surface area (Å²) in [7, 11) is 0. The molecule has 0 radical (unpaired) electrons. The maximum atomic E-state index is 6.05. The lowest BCUT2D eigenvalue weighted by atomic mass is 9.85. The first-order valence-corrected chi connectivity index (χ1v) is 6.75. The highest BCUT2D eigenvalue weighted by Crippen LogP contribution is 2.30. The highest BCUT2D eigenvalue weighted by Gasteiger charge is 2.38. The van der Waals surface area contributed by atoms with Gasteiger partial charge in [0.2, 0.25) is 0 Å². The maximum Gasteiger partial charge on any atom is 0.0565 e. The summed E-state index contributed by atoms with van der Waals surface area (Å²) < 4.78 is 5.65. The Morgan fingerprint density at radius 2 is 2.19 bits per heavy atom. The van der Waals surface area contributed by atoms with Crippen LogP contribution < -0.4 is 5.73 Å². The van der Waals surface area contributed by atoms with E-state index in [1.807, 2.05) is 0 Å². The molecule has 3 heteroatoms. The molecule has 1 fully saturated rings. The van der Waals surface area contributed by atoms with Crippen LogP contribution in [0.1, 0.15) is 46.5 Å². The summed E-state index contributed by atoms with van der Waals surface area (Å²) >= 11 is 0. The van der Waals surface area contributed by atoms with Crippen LogP contribution in [0.15, 0.2) is 0 Å². The molecule has 1 saturated heterocycles. The van der Waals surface area contributed by atoms with E-state index in [9.17, 15) is 0 Å². The fourth-order valence-electron chi connectivity index (χ4n) is 2.83. The van der Waals surface area contributed by atoms with Gasteiger partial charge in [-0.25, -0.2) is 0 Å². The summed E-state index contributed by atoms with van der Waals surface area (Å²) in [6.45, 7) is 10.6. The van der Waals surface area contributed by atoms with Crippen molar-refractivity contribution in [2.24, 2.45) is 5.73 Å². The lowest BCUT2D eigenvalue weighted by Gasteiger charge is -2.47. The Hall–Kier alpha value is -0.120. The molecule has 0 saturated carbocycles. The van der Waals surface area contributed by atoms with Crippen LogP contribution in [-0.4, -0.2) is 42.8 Å². The van der Waals surface area contributed by atoms with Gasteiger partial charge in [-0.05, 0) is 39.3 Å². The van der Waals surface area contributed by atoms with E-state index in [4.69, 9.17) is 10.5 Å². The van der Waals surface area contributed by atoms with Crippen molar-refractivity contribution in [2.45, 2.75) is 58.1 Å². The molecule has 0 amide bonds. The third-order valence-electron chi connectivity index (χ3n) is 3.85. The fourth-order valence-corrected chi connectivity index (χ4v) is 2.83. The zero-order chi connectivity index (χ0) is 12.0. The molecule has 0 bridgehead atoms. The molecule has 2 atom stereocenters. The van der Waals surface area contributed by atoms with Crippen LogP contribution in [0.2, 0.25) is 0 Å². The number of unbranched alkanes of at least 4 members (excludes halogenated alkanes) is 1. The van der Waals surface area contributed by atoms with E-state index in [2.05, 4.69) is 25.7 Å². The van der Waals surface area contributed by atoms with E-state index < -0.39 is 0 Å². The lowest BCUT2D eigenvalue weighted by molar-refractivity contribution is -0.0626. The number of rotatable bonds is 6. The predicted molar refractivity (Wildman–Crippen MR) is 68.6 cm³/mol. The average Bonchev–Trinajstić information content (AvgIpc) is 2.30. The number of likely N-dealkylation sites (N-methyl/N-ethyl adjacent to an activating group) is 1. The average molecular weight is 228 g/mol. The molecule has 0 aromatic carbocycles. The van der Waals surface area contributed by atoms with Crippen LogP contribution in [0.5, 0.6) is 0 Å². The van der Waals surface area contributed by atoms with Gasteiger partial charge in [0.15, 0.2) is 0 Å². The van der Waals surface area contributed by atoms with Gasteiger partial charge in [-0.15, -0.1) is 0 Å². The highest BCUT2D eigenvalue weighted by atomic mass is 16.5. The summed E-state index contributed by atoms with van der Waals surface area (Å²) in [6, 6.07) is 0. The van der Waals surface area contributed by atoms with E-state index in [0.29, 0.717) is 6.10 Å². The number of ether oxygens (including phenoxy) is 1. The van der Waals surface area contributed by atoms with Crippen LogP contribution in [0, 0.1) is 0 Å². The summed E-state index contributed by atoms with van der Waals surface area (Å²) in [5, 5.41) is 0. The van der Waals surface area contributed by atoms with Crippen molar-refractivity contribution in [2.75, 3.05) is 26.2 Å².